The van der Waals surface area contributed by atoms with E-state index in [4.69, 9.17) is 4.74 Å². The van der Waals surface area contributed by atoms with Gasteiger partial charge in [0, 0.05) is 17.2 Å². The van der Waals surface area contributed by atoms with Crippen LogP contribution in [0.15, 0.2) is 54.6 Å². The van der Waals surface area contributed by atoms with Crippen molar-refractivity contribution >= 4 is 19.0 Å². The van der Waals surface area contributed by atoms with Crippen LogP contribution < -0.4 is 4.74 Å². The molecule has 0 fully saturated rings. The predicted octanol–water partition coefficient (Wildman–Crippen LogP) is 8.29. The van der Waals surface area contributed by atoms with Crippen molar-refractivity contribution in [3.8, 4) is 5.75 Å². The smallest absolute Gasteiger partial charge is 0.505 e. The summed E-state index contributed by atoms with van der Waals surface area (Å²) < 4.78 is 48.9. The normalized spacial score (nSPS) is 11.4. The van der Waals surface area contributed by atoms with Crippen molar-refractivity contribution in [2.75, 3.05) is 6.61 Å². The number of rotatable bonds is 17. The fraction of sp³-hybridized carbons (Fsp3) is 0.444. The van der Waals surface area contributed by atoms with Gasteiger partial charge < -0.3 is 9.39 Å². The number of allylic oxidation sites excluding steroid dienone is 1. The minimum absolute atomic E-state index is 0.187. The Balaban J connectivity index is 1.76. The Morgan fingerprint density at radius 2 is 1.32 bits per heavy atom. The van der Waals surface area contributed by atoms with E-state index in [1.54, 1.807) is 24.3 Å². The molecule has 0 atom stereocenters. The fourth-order valence-electron chi connectivity index (χ4n) is 3.59. The van der Waals surface area contributed by atoms with Crippen molar-refractivity contribution in [3.05, 3.63) is 71.6 Å². The van der Waals surface area contributed by atoms with Gasteiger partial charge in [0.25, 0.3) is 0 Å². The summed E-state index contributed by atoms with van der Waals surface area (Å²) in [5.41, 5.74) is 0.496. The fourth-order valence-corrected chi connectivity index (χ4v) is 3.59. The molecule has 0 amide bonds. The van der Waals surface area contributed by atoms with Gasteiger partial charge in [0.1, 0.15) is 17.3 Å². The van der Waals surface area contributed by atoms with Crippen LogP contribution >= 0.6 is 0 Å². The summed E-state index contributed by atoms with van der Waals surface area (Å²) in [5.74, 6) is -0.679. The van der Waals surface area contributed by atoms with Crippen LogP contribution in [0.2, 0.25) is 0 Å². The topological polar surface area (TPSA) is 35.5 Å². The maximum absolute atomic E-state index is 13.1. The first kappa shape index (κ1) is 27.5. The van der Waals surface area contributed by atoms with Gasteiger partial charge in [-0.15, -0.1) is 0 Å². The van der Waals surface area contributed by atoms with E-state index in [0.717, 1.165) is 31.1 Å². The standard InChI is InChI=1S/C27H34BF3O3/c1-2-3-4-5-6-7-8-9-10-11-20-33-25-18-14-22(15-19-25)26(32)21-27(34-28(30)31)23-12-16-24(29)17-13-23/h12-19,21H,2-11,20H2,1H3/b27-21-. The molecule has 0 saturated heterocycles. The van der Waals surface area contributed by atoms with Gasteiger partial charge >= 0.3 is 7.47 Å². The molecule has 0 spiro atoms. The van der Waals surface area contributed by atoms with Gasteiger partial charge in [-0.2, -0.15) is 0 Å². The first-order valence-electron chi connectivity index (χ1n) is 12.2. The van der Waals surface area contributed by atoms with Crippen molar-refractivity contribution in [2.45, 2.75) is 71.1 Å². The van der Waals surface area contributed by atoms with Gasteiger partial charge in [0.05, 0.1) is 6.61 Å². The molecule has 0 aliphatic heterocycles. The van der Waals surface area contributed by atoms with Crippen molar-refractivity contribution in [1.82, 2.24) is 0 Å². The summed E-state index contributed by atoms with van der Waals surface area (Å²) in [6.07, 6.45) is 13.5. The molecule has 3 nitrogen and oxygen atoms in total. The summed E-state index contributed by atoms with van der Waals surface area (Å²) >= 11 is 0. The Morgan fingerprint density at radius 3 is 1.88 bits per heavy atom. The van der Waals surface area contributed by atoms with Gasteiger partial charge in [0.15, 0.2) is 5.78 Å². The lowest BCUT2D eigenvalue weighted by atomic mass is 10.1. The highest BCUT2D eigenvalue weighted by Gasteiger charge is 2.21. The minimum Gasteiger partial charge on any atom is -0.505 e. The predicted molar refractivity (Wildman–Crippen MR) is 132 cm³/mol. The molecule has 2 aromatic carbocycles. The summed E-state index contributed by atoms with van der Waals surface area (Å²) in [7, 11) is -3.11. The van der Waals surface area contributed by atoms with Crippen LogP contribution in [0, 0.1) is 5.82 Å². The Kier molecular flexibility index (Phi) is 13.0. The zero-order valence-corrected chi connectivity index (χ0v) is 19.9. The van der Waals surface area contributed by atoms with Gasteiger partial charge in [-0.1, -0.05) is 64.7 Å². The van der Waals surface area contributed by atoms with Gasteiger partial charge in [-0.05, 0) is 55.0 Å². The van der Waals surface area contributed by atoms with Crippen LogP contribution in [0.3, 0.4) is 0 Å². The zero-order valence-electron chi connectivity index (χ0n) is 19.9. The number of ether oxygens (including phenoxy) is 1. The van der Waals surface area contributed by atoms with E-state index in [1.165, 1.54) is 63.5 Å². The molecule has 7 heteroatoms. The molecule has 0 heterocycles. The average Bonchev–Trinajstić information content (AvgIpc) is 2.82. The molecule has 0 aromatic heterocycles. The number of ketones is 1. The Bertz CT molecular complexity index is 868. The van der Waals surface area contributed by atoms with Gasteiger partial charge in [-0.25, -0.2) is 13.0 Å². The van der Waals surface area contributed by atoms with Crippen LogP contribution in [0.1, 0.15) is 87.1 Å². The van der Waals surface area contributed by atoms with E-state index in [1.807, 2.05) is 0 Å². The number of carbonyl (C=O) groups is 1. The quantitative estimate of drug-likeness (QED) is 0.0761. The lowest BCUT2D eigenvalue weighted by Crippen LogP contribution is -2.06. The molecule has 0 saturated carbocycles. The third-order valence-corrected chi connectivity index (χ3v) is 5.51. The largest absolute Gasteiger partial charge is 0.796 e. The first-order chi connectivity index (χ1) is 16.5. The SMILES string of the molecule is CCCCCCCCCCCCOc1ccc(C(=O)/C=C(\OB(F)F)c2ccc(F)cc2)cc1. The summed E-state index contributed by atoms with van der Waals surface area (Å²) in [5, 5.41) is 0. The van der Waals surface area contributed by atoms with Crippen LogP contribution in [-0.2, 0) is 4.65 Å². The van der Waals surface area contributed by atoms with Crippen LogP contribution in [0.5, 0.6) is 5.75 Å². The maximum Gasteiger partial charge on any atom is 0.796 e. The lowest BCUT2D eigenvalue weighted by molar-refractivity contribution is 0.104. The average molecular weight is 474 g/mol. The van der Waals surface area contributed by atoms with E-state index < -0.39 is 19.1 Å². The number of hydrogen-bond acceptors (Lipinski definition) is 3. The Labute approximate surface area is 201 Å². The second kappa shape index (κ2) is 16.0. The second-order valence-corrected chi connectivity index (χ2v) is 8.31. The highest BCUT2D eigenvalue weighted by atomic mass is 19.2. The van der Waals surface area contributed by atoms with Crippen molar-refractivity contribution < 1.29 is 27.2 Å². The first-order valence-corrected chi connectivity index (χ1v) is 12.2. The van der Waals surface area contributed by atoms with E-state index in [-0.39, 0.29) is 11.3 Å². The van der Waals surface area contributed by atoms with Crippen molar-refractivity contribution in [3.63, 3.8) is 0 Å². The van der Waals surface area contributed by atoms with E-state index in [9.17, 15) is 17.8 Å². The molecule has 0 bridgehead atoms. The monoisotopic (exact) mass is 474 g/mol. The highest BCUT2D eigenvalue weighted by Crippen LogP contribution is 2.21. The number of carbonyl (C=O) groups excluding carboxylic acids is 1. The second-order valence-electron chi connectivity index (χ2n) is 8.31. The molecule has 184 valence electrons. The Hall–Kier alpha value is -2.70. The summed E-state index contributed by atoms with van der Waals surface area (Å²) in [4.78, 5) is 12.5. The van der Waals surface area contributed by atoms with E-state index >= 15 is 0 Å². The summed E-state index contributed by atoms with van der Waals surface area (Å²) in [6, 6.07) is 11.3. The molecular formula is C27H34BF3O3. The summed E-state index contributed by atoms with van der Waals surface area (Å²) in [6.45, 7) is 2.84. The van der Waals surface area contributed by atoms with Crippen molar-refractivity contribution in [1.29, 1.82) is 0 Å². The molecule has 0 unspecified atom stereocenters. The number of hydrogen-bond donors (Lipinski definition) is 0. The number of unbranched alkanes of at least 4 members (excludes halogenated alkanes) is 9. The van der Waals surface area contributed by atoms with Gasteiger partial charge in [0.2, 0.25) is 0 Å². The molecule has 34 heavy (non-hydrogen) atoms. The third-order valence-electron chi connectivity index (χ3n) is 5.51. The van der Waals surface area contributed by atoms with Crippen LogP contribution in [0.4, 0.5) is 13.0 Å². The molecule has 0 aliphatic rings. The Morgan fingerprint density at radius 1 is 0.794 bits per heavy atom. The molecule has 0 aliphatic carbocycles. The number of halogens is 3. The van der Waals surface area contributed by atoms with Crippen LogP contribution in [-0.4, -0.2) is 19.9 Å². The highest BCUT2D eigenvalue weighted by molar-refractivity contribution is 6.36. The molecular weight excluding hydrogens is 440 g/mol. The van der Waals surface area contributed by atoms with Gasteiger partial charge in [-0.3, -0.25) is 4.79 Å². The molecule has 2 rings (SSSR count). The van der Waals surface area contributed by atoms with E-state index in [0.29, 0.717) is 17.9 Å². The number of benzene rings is 2. The maximum atomic E-state index is 13.1. The van der Waals surface area contributed by atoms with E-state index in [2.05, 4.69) is 11.6 Å². The minimum atomic E-state index is -3.11. The molecule has 0 N–H and O–H groups in total. The lowest BCUT2D eigenvalue weighted by Gasteiger charge is -2.09. The zero-order chi connectivity index (χ0) is 24.6. The van der Waals surface area contributed by atoms with Crippen LogP contribution in [0.25, 0.3) is 5.76 Å². The third kappa shape index (κ3) is 10.9. The van der Waals surface area contributed by atoms with Crippen molar-refractivity contribution in [2.24, 2.45) is 0 Å². The molecule has 0 radical (unpaired) electrons. The molecule has 2 aromatic rings.